The van der Waals surface area contributed by atoms with Gasteiger partial charge in [0.15, 0.2) is 0 Å². The second kappa shape index (κ2) is 12.6. The van der Waals surface area contributed by atoms with E-state index < -0.39 is 0 Å². The van der Waals surface area contributed by atoms with Crippen molar-refractivity contribution < 1.29 is 8.83 Å². The molecule has 3 nitrogen and oxygen atoms in total. The second-order valence-electron chi connectivity index (χ2n) is 14.0. The molecule has 2 aromatic heterocycles. The van der Waals surface area contributed by atoms with Gasteiger partial charge >= 0.3 is 0 Å². The van der Waals surface area contributed by atoms with E-state index in [1.165, 1.54) is 5.39 Å². The third-order valence-electron chi connectivity index (χ3n) is 10.9. The first-order valence-corrected chi connectivity index (χ1v) is 18.7. The fourth-order valence-corrected chi connectivity index (χ4v) is 8.42. The van der Waals surface area contributed by atoms with Gasteiger partial charge in [-0.15, -0.1) is 0 Å². The van der Waals surface area contributed by atoms with Crippen molar-refractivity contribution in [3.8, 4) is 33.4 Å². The van der Waals surface area contributed by atoms with E-state index in [9.17, 15) is 0 Å². The minimum Gasteiger partial charge on any atom is -0.456 e. The van der Waals surface area contributed by atoms with Gasteiger partial charge in [-0.3, -0.25) is 0 Å². The fourth-order valence-electron chi connectivity index (χ4n) is 8.42. The van der Waals surface area contributed by atoms with Gasteiger partial charge in [0.25, 0.3) is 0 Å². The standard InChI is InChI=1S/C52H33NO2/c1-2-14-34(15-3-1)38-17-6-9-23-45(38)53(37-31-28-36(29-32-37)39-21-12-26-48-50(39)43-20-8-11-25-47(43)54-48)46-24-10-7-19-41(46)42-22-13-27-49-51(42)44-33-30-35-16-4-5-18-40(35)52(44)55-49/h1-33H. The van der Waals surface area contributed by atoms with Crippen molar-refractivity contribution in [2.24, 2.45) is 0 Å². The number of hydrogen-bond donors (Lipinski definition) is 0. The molecule has 0 spiro atoms. The molecule has 3 heteroatoms. The number of nitrogens with zero attached hydrogens (tertiary/aromatic N) is 1. The molecular formula is C52H33NO2. The molecule has 0 atom stereocenters. The molecule has 0 N–H and O–H groups in total. The zero-order valence-corrected chi connectivity index (χ0v) is 29.8. The van der Waals surface area contributed by atoms with E-state index in [0.29, 0.717) is 0 Å². The number of fused-ring (bicyclic) bond motifs is 8. The van der Waals surface area contributed by atoms with Crippen molar-refractivity contribution in [1.82, 2.24) is 0 Å². The number of anilines is 3. The van der Waals surface area contributed by atoms with Gasteiger partial charge in [-0.25, -0.2) is 0 Å². The van der Waals surface area contributed by atoms with Crippen LogP contribution in [0.2, 0.25) is 0 Å². The zero-order chi connectivity index (χ0) is 36.3. The first-order valence-electron chi connectivity index (χ1n) is 18.7. The van der Waals surface area contributed by atoms with Gasteiger partial charge in [0.1, 0.15) is 22.3 Å². The molecule has 11 rings (SSSR count). The number of para-hydroxylation sites is 3. The highest BCUT2D eigenvalue weighted by atomic mass is 16.3. The Balaban J connectivity index is 1.13. The summed E-state index contributed by atoms with van der Waals surface area (Å²) in [5.74, 6) is 0. The van der Waals surface area contributed by atoms with E-state index in [1.807, 2.05) is 12.1 Å². The molecule has 2 heterocycles. The van der Waals surface area contributed by atoms with Crippen LogP contribution in [0.3, 0.4) is 0 Å². The highest BCUT2D eigenvalue weighted by molar-refractivity contribution is 6.20. The third-order valence-corrected chi connectivity index (χ3v) is 10.9. The van der Waals surface area contributed by atoms with Crippen LogP contribution in [-0.2, 0) is 0 Å². The summed E-state index contributed by atoms with van der Waals surface area (Å²) in [6.07, 6.45) is 0. The number of benzene rings is 9. The molecule has 0 saturated heterocycles. The summed E-state index contributed by atoms with van der Waals surface area (Å²) in [5.41, 5.74) is 13.6. The summed E-state index contributed by atoms with van der Waals surface area (Å²) in [6.45, 7) is 0. The molecule has 0 radical (unpaired) electrons. The van der Waals surface area contributed by atoms with E-state index in [2.05, 4.69) is 193 Å². The second-order valence-corrected chi connectivity index (χ2v) is 14.0. The maximum Gasteiger partial charge on any atom is 0.143 e. The maximum absolute atomic E-state index is 6.66. The summed E-state index contributed by atoms with van der Waals surface area (Å²) < 4.78 is 12.9. The fraction of sp³-hybridized carbons (Fsp3) is 0. The molecule has 55 heavy (non-hydrogen) atoms. The summed E-state index contributed by atoms with van der Waals surface area (Å²) in [5, 5.41) is 6.77. The lowest BCUT2D eigenvalue weighted by Gasteiger charge is -2.30. The quantitative estimate of drug-likeness (QED) is 0.173. The van der Waals surface area contributed by atoms with Crippen LogP contribution in [0.5, 0.6) is 0 Å². The van der Waals surface area contributed by atoms with Crippen molar-refractivity contribution in [2.75, 3.05) is 4.90 Å². The van der Waals surface area contributed by atoms with Gasteiger partial charge < -0.3 is 13.7 Å². The molecule has 0 aliphatic carbocycles. The van der Waals surface area contributed by atoms with E-state index >= 15 is 0 Å². The summed E-state index contributed by atoms with van der Waals surface area (Å²) >= 11 is 0. The lowest BCUT2D eigenvalue weighted by molar-refractivity contribution is 0.669. The monoisotopic (exact) mass is 703 g/mol. The van der Waals surface area contributed by atoms with Gasteiger partial charge in [0.05, 0.1) is 11.4 Å². The molecule has 0 unspecified atom stereocenters. The first-order chi connectivity index (χ1) is 27.3. The lowest BCUT2D eigenvalue weighted by Crippen LogP contribution is -2.12. The molecule has 9 aromatic carbocycles. The Hall–Kier alpha value is -7.36. The normalized spacial score (nSPS) is 11.6. The van der Waals surface area contributed by atoms with Gasteiger partial charge in [-0.05, 0) is 76.2 Å². The summed E-state index contributed by atoms with van der Waals surface area (Å²) in [6, 6.07) is 70.9. The van der Waals surface area contributed by atoms with Crippen molar-refractivity contribution in [3.05, 3.63) is 200 Å². The Kier molecular flexibility index (Phi) is 7.17. The Morgan fingerprint density at radius 2 is 0.873 bits per heavy atom. The Morgan fingerprint density at radius 3 is 1.69 bits per heavy atom. The van der Waals surface area contributed by atoms with Crippen LogP contribution in [0.25, 0.3) is 88.0 Å². The third kappa shape index (κ3) is 5.05. The molecule has 0 amide bonds. The average molecular weight is 704 g/mol. The molecule has 11 aromatic rings. The topological polar surface area (TPSA) is 29.5 Å². The first kappa shape index (κ1) is 31.2. The minimum absolute atomic E-state index is 0.875. The molecule has 0 saturated carbocycles. The molecule has 258 valence electrons. The van der Waals surface area contributed by atoms with E-state index in [1.54, 1.807) is 0 Å². The van der Waals surface area contributed by atoms with Crippen LogP contribution < -0.4 is 4.90 Å². The molecule has 0 bridgehead atoms. The molecular weight excluding hydrogens is 671 g/mol. The van der Waals surface area contributed by atoms with E-state index in [-0.39, 0.29) is 0 Å². The van der Waals surface area contributed by atoms with Crippen LogP contribution >= 0.6 is 0 Å². The highest BCUT2D eigenvalue weighted by Gasteiger charge is 2.23. The molecule has 0 aliphatic rings. The molecule has 0 fully saturated rings. The zero-order valence-electron chi connectivity index (χ0n) is 29.8. The number of furan rings is 2. The van der Waals surface area contributed by atoms with Crippen LogP contribution in [-0.4, -0.2) is 0 Å². The predicted octanol–water partition coefficient (Wildman–Crippen LogP) is 15.1. The maximum atomic E-state index is 6.66. The van der Waals surface area contributed by atoms with Crippen LogP contribution in [0.4, 0.5) is 17.1 Å². The Morgan fingerprint density at radius 1 is 0.309 bits per heavy atom. The molecule has 0 aliphatic heterocycles. The van der Waals surface area contributed by atoms with Crippen LogP contribution in [0.15, 0.2) is 209 Å². The van der Waals surface area contributed by atoms with E-state index in [4.69, 9.17) is 8.83 Å². The SMILES string of the molecule is c1ccc(-c2ccccc2N(c2ccc(-c3cccc4oc5ccccc5c34)cc2)c2ccccc2-c2cccc3oc4c5ccccc5ccc4c23)cc1. The van der Waals surface area contributed by atoms with Crippen molar-refractivity contribution in [3.63, 3.8) is 0 Å². The van der Waals surface area contributed by atoms with Gasteiger partial charge in [-0.2, -0.15) is 0 Å². The van der Waals surface area contributed by atoms with E-state index in [0.717, 1.165) is 99.7 Å². The average Bonchev–Trinajstić information content (AvgIpc) is 3.84. The highest BCUT2D eigenvalue weighted by Crippen LogP contribution is 2.48. The van der Waals surface area contributed by atoms with Gasteiger partial charge in [-0.1, -0.05) is 152 Å². The largest absolute Gasteiger partial charge is 0.456 e. The van der Waals surface area contributed by atoms with Gasteiger partial charge in [0, 0.05) is 43.7 Å². The Labute approximate surface area is 317 Å². The van der Waals surface area contributed by atoms with Crippen molar-refractivity contribution >= 4 is 71.7 Å². The predicted molar refractivity (Wildman–Crippen MR) is 229 cm³/mol. The number of hydrogen-bond acceptors (Lipinski definition) is 3. The lowest BCUT2D eigenvalue weighted by atomic mass is 9.95. The Bertz CT molecular complexity index is 3210. The number of rotatable bonds is 6. The van der Waals surface area contributed by atoms with Gasteiger partial charge in [0.2, 0.25) is 0 Å². The van der Waals surface area contributed by atoms with Crippen LogP contribution in [0.1, 0.15) is 0 Å². The summed E-state index contributed by atoms with van der Waals surface area (Å²) in [7, 11) is 0. The summed E-state index contributed by atoms with van der Waals surface area (Å²) in [4.78, 5) is 2.41. The minimum atomic E-state index is 0.875. The van der Waals surface area contributed by atoms with Crippen molar-refractivity contribution in [2.45, 2.75) is 0 Å². The van der Waals surface area contributed by atoms with Crippen LogP contribution in [0, 0.1) is 0 Å². The smallest absolute Gasteiger partial charge is 0.143 e. The van der Waals surface area contributed by atoms with Crippen molar-refractivity contribution in [1.29, 1.82) is 0 Å².